The summed E-state index contributed by atoms with van der Waals surface area (Å²) < 4.78 is 4.93. The molecule has 0 radical (unpaired) electrons. The molecule has 1 rings (SSSR count). The highest BCUT2D eigenvalue weighted by molar-refractivity contribution is 5.97. The highest BCUT2D eigenvalue weighted by atomic mass is 16.5. The molecule has 0 saturated heterocycles. The monoisotopic (exact) mass is 306 g/mol. The third kappa shape index (κ3) is 5.20. The smallest absolute Gasteiger partial charge is 0.338 e. The van der Waals surface area contributed by atoms with Crippen molar-refractivity contribution in [2.75, 3.05) is 6.61 Å². The van der Waals surface area contributed by atoms with E-state index in [4.69, 9.17) is 4.74 Å². The predicted octanol–water partition coefficient (Wildman–Crippen LogP) is 2.08. The highest BCUT2D eigenvalue weighted by Gasteiger charge is 2.15. The van der Waals surface area contributed by atoms with E-state index in [1.165, 1.54) is 0 Å². The van der Waals surface area contributed by atoms with E-state index in [0.29, 0.717) is 5.56 Å². The first-order valence-electron chi connectivity index (χ1n) is 7.18. The van der Waals surface area contributed by atoms with Crippen molar-refractivity contribution in [2.24, 2.45) is 0 Å². The van der Waals surface area contributed by atoms with Gasteiger partial charge in [-0.3, -0.25) is 10.1 Å². The van der Waals surface area contributed by atoms with Crippen LogP contribution >= 0.6 is 0 Å². The summed E-state index contributed by atoms with van der Waals surface area (Å²) in [5.74, 6) is -1.25. The molecule has 1 aromatic rings. The van der Waals surface area contributed by atoms with Gasteiger partial charge in [0.25, 0.3) is 5.91 Å². The maximum atomic E-state index is 11.9. The zero-order valence-corrected chi connectivity index (χ0v) is 13.4. The van der Waals surface area contributed by atoms with E-state index < -0.39 is 24.5 Å². The molecule has 1 atom stereocenters. The van der Waals surface area contributed by atoms with Crippen LogP contribution in [0, 0.1) is 13.8 Å². The van der Waals surface area contributed by atoms with E-state index in [1.807, 2.05) is 33.8 Å². The molecule has 0 bridgehead atoms. The number of benzene rings is 1. The number of hydrogen-bond donors (Lipinski definition) is 2. The number of amides is 3. The Morgan fingerprint density at radius 2 is 1.91 bits per heavy atom. The van der Waals surface area contributed by atoms with Crippen LogP contribution in [0.4, 0.5) is 4.79 Å². The van der Waals surface area contributed by atoms with E-state index in [1.54, 1.807) is 12.1 Å². The molecule has 22 heavy (non-hydrogen) atoms. The van der Waals surface area contributed by atoms with Crippen LogP contribution in [0.2, 0.25) is 0 Å². The Hall–Kier alpha value is -2.37. The summed E-state index contributed by atoms with van der Waals surface area (Å²) in [7, 11) is 0. The molecule has 2 N–H and O–H groups in total. The van der Waals surface area contributed by atoms with Crippen LogP contribution < -0.4 is 10.6 Å². The van der Waals surface area contributed by atoms with Gasteiger partial charge in [0.15, 0.2) is 6.61 Å². The first kappa shape index (κ1) is 17.7. The molecule has 6 nitrogen and oxygen atoms in total. The van der Waals surface area contributed by atoms with Gasteiger partial charge in [-0.1, -0.05) is 19.1 Å². The highest BCUT2D eigenvalue weighted by Crippen LogP contribution is 2.13. The Bertz CT molecular complexity index is 569. The Morgan fingerprint density at radius 1 is 1.23 bits per heavy atom. The second kappa shape index (κ2) is 8.17. The number of carbonyl (C=O) groups is 3. The molecular weight excluding hydrogens is 284 g/mol. The molecule has 0 aromatic heterocycles. The van der Waals surface area contributed by atoms with Crippen LogP contribution in [0.25, 0.3) is 0 Å². The zero-order chi connectivity index (χ0) is 16.7. The number of rotatable bonds is 5. The lowest BCUT2D eigenvalue weighted by Gasteiger charge is -2.12. The molecule has 0 aliphatic carbocycles. The molecule has 1 aromatic carbocycles. The summed E-state index contributed by atoms with van der Waals surface area (Å²) in [4.78, 5) is 34.9. The molecule has 0 spiro atoms. The first-order valence-corrected chi connectivity index (χ1v) is 7.18. The van der Waals surface area contributed by atoms with Crippen LogP contribution in [0.3, 0.4) is 0 Å². The van der Waals surface area contributed by atoms with Gasteiger partial charge in [-0.25, -0.2) is 9.59 Å². The minimum absolute atomic E-state index is 0.0368. The number of esters is 1. The van der Waals surface area contributed by atoms with Gasteiger partial charge in [-0.05, 0) is 44.4 Å². The van der Waals surface area contributed by atoms with Crippen LogP contribution in [0.5, 0.6) is 0 Å². The molecule has 6 heteroatoms. The standard InChI is InChI=1S/C16H22N2O4/c1-5-11(3)17-16(21)18-14(19)9-22-15(20)13-8-6-7-10(2)12(13)4/h6-8,11H,5,9H2,1-4H3,(H2,17,18,19,21)/t11-/m0/s1. The Kier molecular flexibility index (Phi) is 6.56. The first-order chi connectivity index (χ1) is 10.3. The maximum absolute atomic E-state index is 11.9. The molecule has 0 unspecified atom stereocenters. The van der Waals surface area contributed by atoms with Crippen molar-refractivity contribution in [3.05, 3.63) is 34.9 Å². The van der Waals surface area contributed by atoms with Crippen molar-refractivity contribution in [2.45, 2.75) is 40.2 Å². The molecule has 120 valence electrons. The lowest BCUT2D eigenvalue weighted by molar-refractivity contribution is -0.123. The van der Waals surface area contributed by atoms with Crippen molar-refractivity contribution in [3.8, 4) is 0 Å². The van der Waals surface area contributed by atoms with Crippen LogP contribution in [0.15, 0.2) is 18.2 Å². The Morgan fingerprint density at radius 3 is 2.55 bits per heavy atom. The van der Waals surface area contributed by atoms with Crippen LogP contribution in [-0.2, 0) is 9.53 Å². The summed E-state index contributed by atoms with van der Waals surface area (Å²) in [5, 5.41) is 4.70. The molecule has 0 heterocycles. The van der Waals surface area contributed by atoms with Gasteiger partial charge < -0.3 is 10.1 Å². The fraction of sp³-hybridized carbons (Fsp3) is 0.438. The number of aryl methyl sites for hydroxylation is 1. The number of hydrogen-bond acceptors (Lipinski definition) is 4. The lowest BCUT2D eigenvalue weighted by Crippen LogP contribution is -2.44. The second-order valence-corrected chi connectivity index (χ2v) is 5.15. The zero-order valence-electron chi connectivity index (χ0n) is 13.4. The molecule has 0 fully saturated rings. The minimum atomic E-state index is -0.667. The average molecular weight is 306 g/mol. The van der Waals surface area contributed by atoms with Gasteiger partial charge in [0.2, 0.25) is 0 Å². The van der Waals surface area contributed by atoms with Gasteiger partial charge in [0, 0.05) is 6.04 Å². The summed E-state index contributed by atoms with van der Waals surface area (Å²) in [6.45, 7) is 6.94. The van der Waals surface area contributed by atoms with Crippen LogP contribution in [-0.4, -0.2) is 30.6 Å². The Balaban J connectivity index is 2.49. The molecule has 0 aliphatic heterocycles. The summed E-state index contributed by atoms with van der Waals surface area (Å²) in [6.07, 6.45) is 0.753. The number of carbonyl (C=O) groups excluding carboxylic acids is 3. The third-order valence-corrected chi connectivity index (χ3v) is 3.40. The van der Waals surface area contributed by atoms with E-state index in [0.717, 1.165) is 17.5 Å². The summed E-state index contributed by atoms with van der Waals surface area (Å²) >= 11 is 0. The molecule has 0 saturated carbocycles. The van der Waals surface area contributed by atoms with Gasteiger partial charge >= 0.3 is 12.0 Å². The van der Waals surface area contributed by atoms with Crippen LogP contribution in [0.1, 0.15) is 41.8 Å². The second-order valence-electron chi connectivity index (χ2n) is 5.15. The van der Waals surface area contributed by atoms with Gasteiger partial charge in [0.1, 0.15) is 0 Å². The Labute approximate surface area is 130 Å². The van der Waals surface area contributed by atoms with Gasteiger partial charge in [-0.15, -0.1) is 0 Å². The van der Waals surface area contributed by atoms with E-state index in [2.05, 4.69) is 10.6 Å². The van der Waals surface area contributed by atoms with Gasteiger partial charge in [-0.2, -0.15) is 0 Å². The quantitative estimate of drug-likeness (QED) is 0.816. The molecular formula is C16H22N2O4. The minimum Gasteiger partial charge on any atom is -0.452 e. The van der Waals surface area contributed by atoms with Crippen molar-refractivity contribution in [1.82, 2.24) is 10.6 Å². The number of urea groups is 1. The predicted molar refractivity (Wildman–Crippen MR) is 82.6 cm³/mol. The number of imide groups is 1. The number of nitrogens with one attached hydrogen (secondary N) is 2. The van der Waals surface area contributed by atoms with Crippen molar-refractivity contribution in [1.29, 1.82) is 0 Å². The van der Waals surface area contributed by atoms with Crippen molar-refractivity contribution in [3.63, 3.8) is 0 Å². The number of ether oxygens (including phenoxy) is 1. The third-order valence-electron chi connectivity index (χ3n) is 3.40. The van der Waals surface area contributed by atoms with Gasteiger partial charge in [0.05, 0.1) is 5.56 Å². The lowest BCUT2D eigenvalue weighted by atomic mass is 10.0. The van der Waals surface area contributed by atoms with Crippen molar-refractivity contribution >= 4 is 17.9 Å². The summed E-state index contributed by atoms with van der Waals surface area (Å²) in [6, 6.07) is 4.64. The summed E-state index contributed by atoms with van der Waals surface area (Å²) in [5.41, 5.74) is 2.19. The largest absolute Gasteiger partial charge is 0.452 e. The normalized spacial score (nSPS) is 11.5. The molecule has 0 aliphatic rings. The van der Waals surface area contributed by atoms with Crippen molar-refractivity contribution < 1.29 is 19.1 Å². The molecule has 3 amide bonds. The average Bonchev–Trinajstić information content (AvgIpc) is 2.47. The fourth-order valence-corrected chi connectivity index (χ4v) is 1.71. The van der Waals surface area contributed by atoms with E-state index in [9.17, 15) is 14.4 Å². The SMILES string of the molecule is CC[C@H](C)NC(=O)NC(=O)COC(=O)c1cccc(C)c1C. The maximum Gasteiger partial charge on any atom is 0.338 e. The fourth-order valence-electron chi connectivity index (χ4n) is 1.71. The van der Waals surface area contributed by atoms with E-state index >= 15 is 0 Å². The topological polar surface area (TPSA) is 84.5 Å². The van der Waals surface area contributed by atoms with E-state index in [-0.39, 0.29) is 6.04 Å².